The molecule has 0 radical (unpaired) electrons. The Balaban J connectivity index is 1.56. The molecular formula is C23H29N5O5S. The summed E-state index contributed by atoms with van der Waals surface area (Å²) in [5.74, 6) is 0.815. The van der Waals surface area contributed by atoms with Crippen LogP contribution in [0.25, 0.3) is 10.9 Å². The van der Waals surface area contributed by atoms with Crippen LogP contribution in [0, 0.1) is 5.92 Å². The second-order valence-electron chi connectivity index (χ2n) is 9.03. The van der Waals surface area contributed by atoms with Gasteiger partial charge in [-0.25, -0.2) is 8.42 Å². The Hall–Kier alpha value is -2.92. The lowest BCUT2D eigenvalue weighted by Crippen LogP contribution is -2.30. The zero-order chi connectivity index (χ0) is 23.9. The molecule has 1 saturated carbocycles. The van der Waals surface area contributed by atoms with Crippen molar-refractivity contribution in [2.24, 2.45) is 13.0 Å². The number of anilines is 1. The molecule has 0 unspecified atom stereocenters. The molecule has 1 aromatic carbocycles. The number of hydrogen-bond acceptors (Lipinski definition) is 7. The van der Waals surface area contributed by atoms with Crippen LogP contribution in [0.15, 0.2) is 35.5 Å². The normalized spacial score (nSPS) is 18.2. The molecule has 11 heteroatoms. The van der Waals surface area contributed by atoms with E-state index in [0.717, 1.165) is 12.8 Å². The van der Waals surface area contributed by atoms with E-state index in [-0.39, 0.29) is 16.1 Å². The number of nitrogens with one attached hydrogen (secondary N) is 1. The Morgan fingerprint density at radius 2 is 2.00 bits per heavy atom. The molecule has 0 spiro atoms. The number of aryl methyl sites for hydroxylation is 1. The van der Waals surface area contributed by atoms with Gasteiger partial charge in [0.15, 0.2) is 15.7 Å². The Morgan fingerprint density at radius 1 is 1.24 bits per heavy atom. The Labute approximate surface area is 198 Å². The fourth-order valence-electron chi connectivity index (χ4n) is 4.63. The van der Waals surface area contributed by atoms with Crippen LogP contribution in [-0.2, 0) is 26.4 Å². The first-order valence-electron chi connectivity index (χ1n) is 11.5. The number of fused-ring (bicyclic) bond motifs is 1. The van der Waals surface area contributed by atoms with Gasteiger partial charge in [-0.1, -0.05) is 0 Å². The third kappa shape index (κ3) is 4.29. The van der Waals surface area contributed by atoms with E-state index in [4.69, 9.17) is 9.47 Å². The summed E-state index contributed by atoms with van der Waals surface area (Å²) in [5, 5.41) is 11.8. The van der Waals surface area contributed by atoms with Crippen LogP contribution in [0.5, 0.6) is 5.75 Å². The number of ether oxygens (including phenoxy) is 2. The minimum Gasteiger partial charge on any atom is -0.495 e. The van der Waals surface area contributed by atoms with Gasteiger partial charge in [0, 0.05) is 37.9 Å². The van der Waals surface area contributed by atoms with Gasteiger partial charge in [-0.05, 0) is 50.2 Å². The van der Waals surface area contributed by atoms with E-state index in [2.05, 4.69) is 15.5 Å². The molecule has 3 aromatic rings. The molecule has 2 aromatic heterocycles. The fraction of sp³-hybridized carbons (Fsp3) is 0.522. The smallest absolute Gasteiger partial charge is 0.250 e. The minimum atomic E-state index is -3.55. The number of amides is 1. The van der Waals surface area contributed by atoms with E-state index in [9.17, 15) is 13.2 Å². The van der Waals surface area contributed by atoms with Crippen molar-refractivity contribution in [2.75, 3.05) is 25.6 Å². The second kappa shape index (κ2) is 9.03. The molecule has 34 heavy (non-hydrogen) atoms. The van der Waals surface area contributed by atoms with Crippen molar-refractivity contribution < 1.29 is 22.7 Å². The summed E-state index contributed by atoms with van der Waals surface area (Å²) < 4.78 is 40.7. The summed E-state index contributed by atoms with van der Waals surface area (Å²) in [6.45, 7) is 1.33. The summed E-state index contributed by atoms with van der Waals surface area (Å²) in [7, 11) is -0.302. The topological polar surface area (TPSA) is 117 Å². The largest absolute Gasteiger partial charge is 0.495 e. The van der Waals surface area contributed by atoms with Crippen LogP contribution in [0.4, 0.5) is 5.82 Å². The van der Waals surface area contributed by atoms with Crippen LogP contribution in [-0.4, -0.2) is 59.5 Å². The summed E-state index contributed by atoms with van der Waals surface area (Å²) in [6, 6.07) is 4.53. The van der Waals surface area contributed by atoms with Gasteiger partial charge in [-0.2, -0.15) is 10.2 Å². The molecule has 5 rings (SSSR count). The van der Waals surface area contributed by atoms with Crippen LogP contribution in [0.1, 0.15) is 38.1 Å². The van der Waals surface area contributed by atoms with Gasteiger partial charge in [0.1, 0.15) is 16.7 Å². The van der Waals surface area contributed by atoms with Crippen molar-refractivity contribution in [3.63, 3.8) is 0 Å². The number of sulfone groups is 1. The van der Waals surface area contributed by atoms with Crippen molar-refractivity contribution in [2.45, 2.75) is 48.3 Å². The van der Waals surface area contributed by atoms with Crippen LogP contribution >= 0.6 is 0 Å². The van der Waals surface area contributed by atoms with Crippen molar-refractivity contribution in [1.29, 1.82) is 0 Å². The third-order valence-electron chi connectivity index (χ3n) is 6.62. The van der Waals surface area contributed by atoms with Crippen molar-refractivity contribution >= 4 is 32.5 Å². The van der Waals surface area contributed by atoms with Gasteiger partial charge >= 0.3 is 0 Å². The van der Waals surface area contributed by atoms with E-state index in [1.807, 2.05) is 0 Å². The standard InChI is InChI=1S/C23H29N5O5S/c1-27-10-7-21(26-27)25-23(29)19(13-15-8-11-33-12-9-15)28-18-5-6-20(32-2)22(17(18)14-24-28)34(30,31)16-3-4-16/h5-7,10,14-16,19H,3-4,8-9,11-13H2,1-2H3,(H,25,26,29)/t19-/m0/s1. The number of carbonyl (C=O) groups is 1. The monoisotopic (exact) mass is 487 g/mol. The van der Waals surface area contributed by atoms with Gasteiger partial charge < -0.3 is 14.8 Å². The molecule has 1 N–H and O–H groups in total. The lowest BCUT2D eigenvalue weighted by molar-refractivity contribution is -0.120. The van der Waals surface area contributed by atoms with Crippen molar-refractivity contribution in [3.05, 3.63) is 30.6 Å². The SMILES string of the molecule is COc1ccc2c(cnn2[C@@H](CC2CCOCC2)C(=O)Nc2ccn(C)n2)c1S(=O)(=O)C1CC1. The zero-order valence-electron chi connectivity index (χ0n) is 19.3. The highest BCUT2D eigenvalue weighted by molar-refractivity contribution is 7.92. The number of methoxy groups -OCH3 is 1. The molecular weight excluding hydrogens is 458 g/mol. The lowest BCUT2D eigenvalue weighted by atomic mass is 9.92. The third-order valence-corrected chi connectivity index (χ3v) is 8.96. The molecule has 182 valence electrons. The maximum absolute atomic E-state index is 13.5. The molecule has 1 atom stereocenters. The Bertz CT molecular complexity index is 1300. The number of hydrogen-bond donors (Lipinski definition) is 1. The van der Waals surface area contributed by atoms with E-state index < -0.39 is 15.9 Å². The second-order valence-corrected chi connectivity index (χ2v) is 11.2. The predicted octanol–water partition coefficient (Wildman–Crippen LogP) is 2.71. The number of nitrogens with zero attached hydrogens (tertiary/aromatic N) is 4. The van der Waals surface area contributed by atoms with Crippen molar-refractivity contribution in [1.82, 2.24) is 19.6 Å². The molecule has 1 aliphatic carbocycles. The molecule has 1 amide bonds. The van der Waals surface area contributed by atoms with Gasteiger partial charge in [0.2, 0.25) is 5.91 Å². The van der Waals surface area contributed by atoms with Crippen LogP contribution in [0.2, 0.25) is 0 Å². The van der Waals surface area contributed by atoms with Crippen LogP contribution < -0.4 is 10.1 Å². The first kappa shape index (κ1) is 22.9. The molecule has 2 fully saturated rings. The average Bonchev–Trinajstić information content (AvgIpc) is 3.51. The summed E-state index contributed by atoms with van der Waals surface area (Å²) in [6.07, 6.45) is 6.88. The lowest BCUT2D eigenvalue weighted by Gasteiger charge is -2.26. The molecule has 2 aliphatic rings. The summed E-state index contributed by atoms with van der Waals surface area (Å²) >= 11 is 0. The Morgan fingerprint density at radius 3 is 2.65 bits per heavy atom. The van der Waals surface area contributed by atoms with Gasteiger partial charge in [0.25, 0.3) is 0 Å². The highest BCUT2D eigenvalue weighted by Gasteiger charge is 2.40. The highest BCUT2D eigenvalue weighted by Crippen LogP contribution is 2.42. The maximum Gasteiger partial charge on any atom is 0.250 e. The molecule has 10 nitrogen and oxygen atoms in total. The minimum absolute atomic E-state index is 0.163. The van der Waals surface area contributed by atoms with Crippen LogP contribution in [0.3, 0.4) is 0 Å². The van der Waals surface area contributed by atoms with Gasteiger partial charge in [-0.15, -0.1) is 0 Å². The number of benzene rings is 1. The molecule has 1 saturated heterocycles. The number of rotatable bonds is 8. The molecule has 0 bridgehead atoms. The Kier molecular flexibility index (Phi) is 6.07. The predicted molar refractivity (Wildman–Crippen MR) is 126 cm³/mol. The number of aromatic nitrogens is 4. The van der Waals surface area contributed by atoms with E-state index in [1.165, 1.54) is 13.3 Å². The molecule has 3 heterocycles. The average molecular weight is 488 g/mol. The molecule has 1 aliphatic heterocycles. The summed E-state index contributed by atoms with van der Waals surface area (Å²) in [5.41, 5.74) is 0.591. The highest BCUT2D eigenvalue weighted by atomic mass is 32.2. The first-order chi connectivity index (χ1) is 16.4. The fourth-order valence-corrected chi connectivity index (χ4v) is 6.62. The maximum atomic E-state index is 13.5. The van der Waals surface area contributed by atoms with E-state index in [1.54, 1.807) is 40.8 Å². The first-order valence-corrected chi connectivity index (χ1v) is 13.1. The van der Waals surface area contributed by atoms with Gasteiger partial charge in [-0.3, -0.25) is 14.2 Å². The summed E-state index contributed by atoms with van der Waals surface area (Å²) in [4.78, 5) is 13.6. The van der Waals surface area contributed by atoms with Gasteiger partial charge in [0.05, 0.1) is 24.1 Å². The number of carbonyl (C=O) groups excluding carboxylic acids is 1. The van der Waals surface area contributed by atoms with E-state index >= 15 is 0 Å². The quantitative estimate of drug-likeness (QED) is 0.519. The van der Waals surface area contributed by atoms with Crippen molar-refractivity contribution in [3.8, 4) is 5.75 Å². The van der Waals surface area contributed by atoms with E-state index in [0.29, 0.717) is 60.9 Å². The zero-order valence-corrected chi connectivity index (χ0v) is 20.1.